The molecule has 3 amide bonds. The van der Waals surface area contributed by atoms with Crippen molar-refractivity contribution in [1.82, 2.24) is 10.2 Å². The van der Waals surface area contributed by atoms with Crippen LogP contribution in [0.5, 0.6) is 5.75 Å². The molecule has 1 atom stereocenters. The van der Waals surface area contributed by atoms with Crippen LogP contribution in [-0.2, 0) is 15.1 Å². The number of carboxylic acids is 1. The van der Waals surface area contributed by atoms with Gasteiger partial charge in [0.25, 0.3) is 5.91 Å². The number of carbonyl (C=O) groups is 3. The minimum Gasteiger partial charge on any atom is -0.497 e. The first kappa shape index (κ1) is 13.9. The highest BCUT2D eigenvalue weighted by atomic mass is 16.5. The van der Waals surface area contributed by atoms with Crippen molar-refractivity contribution in [3.8, 4) is 5.75 Å². The Morgan fingerprint density at radius 3 is 2.45 bits per heavy atom. The zero-order valence-corrected chi connectivity index (χ0v) is 11.0. The number of urea groups is 1. The van der Waals surface area contributed by atoms with E-state index in [4.69, 9.17) is 9.84 Å². The van der Waals surface area contributed by atoms with Crippen LogP contribution in [-0.4, -0.2) is 41.6 Å². The van der Waals surface area contributed by atoms with E-state index in [-0.39, 0.29) is 0 Å². The number of ether oxygens (including phenoxy) is 1. The summed E-state index contributed by atoms with van der Waals surface area (Å²) in [5.74, 6) is -1.21. The zero-order valence-electron chi connectivity index (χ0n) is 11.0. The monoisotopic (exact) mass is 278 g/mol. The fourth-order valence-corrected chi connectivity index (χ4v) is 2.10. The molecule has 0 aliphatic carbocycles. The van der Waals surface area contributed by atoms with E-state index in [1.54, 1.807) is 24.3 Å². The minimum absolute atomic E-state index is 0.560. The van der Waals surface area contributed by atoms with E-state index in [0.29, 0.717) is 16.2 Å². The van der Waals surface area contributed by atoms with Gasteiger partial charge < -0.3 is 15.2 Å². The van der Waals surface area contributed by atoms with Gasteiger partial charge >= 0.3 is 12.0 Å². The van der Waals surface area contributed by atoms with Gasteiger partial charge in [-0.1, -0.05) is 12.1 Å². The Morgan fingerprint density at radius 1 is 1.35 bits per heavy atom. The Bertz CT molecular complexity index is 569. The molecule has 7 heteroatoms. The van der Waals surface area contributed by atoms with Crippen LogP contribution in [0.2, 0.25) is 0 Å². The van der Waals surface area contributed by atoms with Crippen LogP contribution in [0, 0.1) is 0 Å². The standard InChI is InChI=1S/C13H14N2O5/c1-13(8-3-5-9(20-2)6-4-8)11(18)15(7-10(16)17)12(19)14-13/h3-6H,7H2,1-2H3,(H,14,19)(H,16,17)/t13-/m0/s1. The summed E-state index contributed by atoms with van der Waals surface area (Å²) in [6.07, 6.45) is 0. The fraction of sp³-hybridized carbons (Fsp3) is 0.308. The minimum atomic E-state index is -1.27. The lowest BCUT2D eigenvalue weighted by molar-refractivity contribution is -0.142. The summed E-state index contributed by atoms with van der Waals surface area (Å²) in [7, 11) is 1.52. The summed E-state index contributed by atoms with van der Waals surface area (Å²) in [4.78, 5) is 35.4. The molecular formula is C13H14N2O5. The Labute approximate surface area is 115 Å². The summed E-state index contributed by atoms with van der Waals surface area (Å²) in [5.41, 5.74) is -0.705. The number of imide groups is 1. The average Bonchev–Trinajstić information content (AvgIpc) is 2.63. The lowest BCUT2D eigenvalue weighted by Gasteiger charge is -2.22. The third kappa shape index (κ3) is 2.18. The van der Waals surface area contributed by atoms with Crippen molar-refractivity contribution in [1.29, 1.82) is 0 Å². The quantitative estimate of drug-likeness (QED) is 0.784. The molecule has 0 radical (unpaired) electrons. The number of amides is 3. The number of carbonyl (C=O) groups excluding carboxylic acids is 2. The number of rotatable bonds is 4. The van der Waals surface area contributed by atoms with Gasteiger partial charge in [-0.2, -0.15) is 0 Å². The molecule has 7 nitrogen and oxygen atoms in total. The van der Waals surface area contributed by atoms with Gasteiger partial charge in [0.1, 0.15) is 17.8 Å². The summed E-state index contributed by atoms with van der Waals surface area (Å²) in [6, 6.07) is 5.93. The van der Waals surface area contributed by atoms with Gasteiger partial charge in [-0.15, -0.1) is 0 Å². The third-order valence-corrected chi connectivity index (χ3v) is 3.24. The van der Waals surface area contributed by atoms with E-state index < -0.39 is 30.0 Å². The molecular weight excluding hydrogens is 264 g/mol. The largest absolute Gasteiger partial charge is 0.497 e. The molecule has 106 valence electrons. The molecule has 0 aromatic heterocycles. The van der Waals surface area contributed by atoms with Gasteiger partial charge in [0.2, 0.25) is 0 Å². The first-order valence-corrected chi connectivity index (χ1v) is 5.89. The first-order chi connectivity index (χ1) is 9.38. The highest BCUT2D eigenvalue weighted by Gasteiger charge is 2.49. The van der Waals surface area contributed by atoms with E-state index >= 15 is 0 Å². The molecule has 1 heterocycles. The van der Waals surface area contributed by atoms with E-state index in [0.717, 1.165) is 0 Å². The molecule has 1 aliphatic rings. The molecule has 1 fully saturated rings. The highest BCUT2D eigenvalue weighted by molar-refractivity contribution is 6.08. The van der Waals surface area contributed by atoms with Crippen LogP contribution in [0.15, 0.2) is 24.3 Å². The number of hydrogen-bond donors (Lipinski definition) is 2. The first-order valence-electron chi connectivity index (χ1n) is 5.89. The topological polar surface area (TPSA) is 95.9 Å². The van der Waals surface area contributed by atoms with E-state index in [2.05, 4.69) is 5.32 Å². The van der Waals surface area contributed by atoms with Crippen molar-refractivity contribution in [2.24, 2.45) is 0 Å². The van der Waals surface area contributed by atoms with Gasteiger partial charge in [0, 0.05) is 0 Å². The van der Waals surface area contributed by atoms with E-state index in [1.807, 2.05) is 0 Å². The van der Waals surface area contributed by atoms with Crippen LogP contribution in [0.4, 0.5) is 4.79 Å². The summed E-state index contributed by atoms with van der Waals surface area (Å²) in [5, 5.41) is 11.3. The molecule has 1 saturated heterocycles. The Morgan fingerprint density at radius 2 is 1.95 bits per heavy atom. The summed E-state index contributed by atoms with van der Waals surface area (Å²) < 4.78 is 5.03. The van der Waals surface area contributed by atoms with Crippen molar-refractivity contribution < 1.29 is 24.2 Å². The van der Waals surface area contributed by atoms with Crippen molar-refractivity contribution in [3.05, 3.63) is 29.8 Å². The summed E-state index contributed by atoms with van der Waals surface area (Å²) in [6.45, 7) is 0.882. The van der Waals surface area contributed by atoms with Crippen molar-refractivity contribution in [2.75, 3.05) is 13.7 Å². The zero-order chi connectivity index (χ0) is 14.9. The van der Waals surface area contributed by atoms with Crippen molar-refractivity contribution in [3.63, 3.8) is 0 Å². The molecule has 0 saturated carbocycles. The van der Waals surface area contributed by atoms with Gasteiger partial charge in [0.15, 0.2) is 0 Å². The van der Waals surface area contributed by atoms with Crippen LogP contribution in [0.3, 0.4) is 0 Å². The van der Waals surface area contributed by atoms with E-state index in [1.165, 1.54) is 14.0 Å². The Hall–Kier alpha value is -2.57. The predicted molar refractivity (Wildman–Crippen MR) is 68.2 cm³/mol. The number of carboxylic acid groups (broad SMARTS) is 1. The number of hydrogen-bond acceptors (Lipinski definition) is 4. The SMILES string of the molecule is COc1ccc([C@]2(C)NC(=O)N(CC(=O)O)C2=O)cc1. The number of benzene rings is 1. The van der Waals surface area contributed by atoms with Crippen LogP contribution in [0.1, 0.15) is 12.5 Å². The molecule has 20 heavy (non-hydrogen) atoms. The lowest BCUT2D eigenvalue weighted by atomic mass is 9.92. The Balaban J connectivity index is 2.32. The van der Waals surface area contributed by atoms with Gasteiger partial charge in [-0.3, -0.25) is 14.5 Å². The number of aliphatic carboxylic acids is 1. The normalized spacial score (nSPS) is 21.8. The smallest absolute Gasteiger partial charge is 0.325 e. The maximum Gasteiger partial charge on any atom is 0.325 e. The maximum atomic E-state index is 12.3. The lowest BCUT2D eigenvalue weighted by Crippen LogP contribution is -2.41. The molecule has 2 N–H and O–H groups in total. The second-order valence-corrected chi connectivity index (χ2v) is 4.57. The Kier molecular flexibility index (Phi) is 3.35. The van der Waals surface area contributed by atoms with Crippen molar-refractivity contribution in [2.45, 2.75) is 12.5 Å². The van der Waals surface area contributed by atoms with Gasteiger partial charge in [0.05, 0.1) is 7.11 Å². The number of methoxy groups -OCH3 is 1. The second-order valence-electron chi connectivity index (χ2n) is 4.57. The molecule has 1 aromatic carbocycles. The molecule has 0 bridgehead atoms. The fourth-order valence-electron chi connectivity index (χ4n) is 2.10. The summed E-state index contributed by atoms with van der Waals surface area (Å²) >= 11 is 0. The molecule has 0 unspecified atom stereocenters. The molecule has 1 aliphatic heterocycles. The van der Waals surface area contributed by atoms with Gasteiger partial charge in [-0.25, -0.2) is 4.79 Å². The molecule has 1 aromatic rings. The average molecular weight is 278 g/mol. The highest BCUT2D eigenvalue weighted by Crippen LogP contribution is 2.29. The maximum absolute atomic E-state index is 12.3. The second kappa shape index (κ2) is 4.84. The third-order valence-electron chi connectivity index (χ3n) is 3.24. The number of nitrogens with zero attached hydrogens (tertiary/aromatic N) is 1. The molecule has 2 rings (SSSR count). The van der Waals surface area contributed by atoms with Crippen LogP contribution in [0.25, 0.3) is 0 Å². The van der Waals surface area contributed by atoms with Crippen LogP contribution < -0.4 is 10.1 Å². The predicted octanol–water partition coefficient (Wildman–Crippen LogP) is 0.547. The van der Waals surface area contributed by atoms with Crippen molar-refractivity contribution >= 4 is 17.9 Å². The molecule has 0 spiro atoms. The van der Waals surface area contributed by atoms with Gasteiger partial charge in [-0.05, 0) is 24.6 Å². The van der Waals surface area contributed by atoms with E-state index in [9.17, 15) is 14.4 Å². The van der Waals surface area contributed by atoms with Crippen LogP contribution >= 0.6 is 0 Å². The number of nitrogens with one attached hydrogen (secondary N) is 1.